The fourth-order valence-electron chi connectivity index (χ4n) is 3.86. The van der Waals surface area contributed by atoms with Gasteiger partial charge in [0.15, 0.2) is 5.58 Å². The first kappa shape index (κ1) is 19.4. The van der Waals surface area contributed by atoms with Crippen LogP contribution in [0.5, 0.6) is 0 Å². The number of nitrogens with one attached hydrogen (secondary N) is 1. The van der Waals surface area contributed by atoms with Crippen molar-refractivity contribution >= 4 is 40.2 Å². The Morgan fingerprint density at radius 3 is 2.72 bits per heavy atom. The Morgan fingerprint density at radius 2 is 1.86 bits per heavy atom. The summed E-state index contributed by atoms with van der Waals surface area (Å²) >= 11 is 0. The first-order valence-electron chi connectivity index (χ1n) is 9.55. The number of benzene rings is 2. The normalized spacial score (nSPS) is 15.0. The Hall–Kier alpha value is -2.90. The minimum Gasteiger partial charge on any atom is -0.408 e. The Kier molecular flexibility index (Phi) is 5.51. The van der Waals surface area contributed by atoms with Crippen molar-refractivity contribution in [3.05, 3.63) is 64.9 Å². The van der Waals surface area contributed by atoms with Crippen molar-refractivity contribution in [2.24, 2.45) is 0 Å². The number of piperazine rings is 1. The topological polar surface area (TPSA) is 78.3 Å². The number of nitrogens with zero attached hydrogens (tertiary/aromatic N) is 4. The van der Waals surface area contributed by atoms with Gasteiger partial charge in [-0.25, -0.2) is 14.8 Å². The lowest BCUT2D eigenvalue weighted by Gasteiger charge is -2.35. The molecule has 150 valence electrons. The van der Waals surface area contributed by atoms with E-state index in [1.165, 1.54) is 5.56 Å². The molecule has 1 saturated heterocycles. The van der Waals surface area contributed by atoms with Crippen molar-refractivity contribution in [1.82, 2.24) is 19.9 Å². The maximum absolute atomic E-state index is 11.3. The molecule has 0 amide bonds. The highest BCUT2D eigenvalue weighted by molar-refractivity contribution is 5.89. The van der Waals surface area contributed by atoms with Gasteiger partial charge >= 0.3 is 5.76 Å². The molecule has 2 aromatic carbocycles. The van der Waals surface area contributed by atoms with Crippen LogP contribution in [0.4, 0.5) is 5.82 Å². The molecule has 1 N–H and O–H groups in total. The third-order valence-electron chi connectivity index (χ3n) is 5.40. The van der Waals surface area contributed by atoms with E-state index in [4.69, 9.17) is 4.42 Å². The first-order chi connectivity index (χ1) is 13.8. The number of oxazole rings is 1. The molecule has 5 rings (SSSR count). The van der Waals surface area contributed by atoms with E-state index in [1.807, 2.05) is 30.3 Å². The average molecular weight is 412 g/mol. The predicted molar refractivity (Wildman–Crippen MR) is 116 cm³/mol. The summed E-state index contributed by atoms with van der Waals surface area (Å²) in [5.74, 6) is 0.624. The van der Waals surface area contributed by atoms with Crippen molar-refractivity contribution in [3.8, 4) is 0 Å². The quantitative estimate of drug-likeness (QED) is 0.556. The van der Waals surface area contributed by atoms with Crippen LogP contribution in [0, 0.1) is 0 Å². The number of aromatic amines is 1. The molecule has 7 nitrogen and oxygen atoms in total. The highest BCUT2D eigenvalue weighted by atomic mass is 35.5. The molecule has 29 heavy (non-hydrogen) atoms. The molecule has 2 aromatic heterocycles. The van der Waals surface area contributed by atoms with Gasteiger partial charge in [0.05, 0.1) is 11.0 Å². The van der Waals surface area contributed by atoms with Crippen molar-refractivity contribution < 1.29 is 4.42 Å². The number of para-hydroxylation sites is 1. The van der Waals surface area contributed by atoms with Crippen molar-refractivity contribution in [3.63, 3.8) is 0 Å². The van der Waals surface area contributed by atoms with Crippen LogP contribution in [0.25, 0.3) is 22.0 Å². The van der Waals surface area contributed by atoms with Crippen LogP contribution in [-0.4, -0.2) is 52.6 Å². The van der Waals surface area contributed by atoms with Gasteiger partial charge in [0.25, 0.3) is 0 Å². The lowest BCUT2D eigenvalue weighted by molar-refractivity contribution is 0.260. The molecule has 0 spiro atoms. The number of fused-ring (bicyclic) bond motifs is 2. The molecule has 0 unspecified atom stereocenters. The number of halogens is 1. The van der Waals surface area contributed by atoms with E-state index in [-0.39, 0.29) is 12.4 Å². The minimum absolute atomic E-state index is 0. The van der Waals surface area contributed by atoms with E-state index >= 15 is 0 Å². The van der Waals surface area contributed by atoms with Gasteiger partial charge in [-0.05, 0) is 36.2 Å². The molecule has 0 saturated carbocycles. The summed E-state index contributed by atoms with van der Waals surface area (Å²) in [6.45, 7) is 4.89. The van der Waals surface area contributed by atoms with Gasteiger partial charge in [-0.3, -0.25) is 9.88 Å². The number of hydrogen-bond donors (Lipinski definition) is 1. The van der Waals surface area contributed by atoms with E-state index in [9.17, 15) is 4.79 Å². The van der Waals surface area contributed by atoms with Gasteiger partial charge in [-0.15, -0.1) is 12.4 Å². The molecule has 4 aromatic rings. The smallest absolute Gasteiger partial charge is 0.408 e. The van der Waals surface area contributed by atoms with Gasteiger partial charge in [-0.1, -0.05) is 18.2 Å². The summed E-state index contributed by atoms with van der Waals surface area (Å²) in [6, 6.07) is 14.1. The predicted octanol–water partition coefficient (Wildman–Crippen LogP) is 2.85. The lowest BCUT2D eigenvalue weighted by atomic mass is 10.1. The highest BCUT2D eigenvalue weighted by Crippen LogP contribution is 2.23. The zero-order chi connectivity index (χ0) is 18.9. The number of anilines is 1. The molecule has 1 fully saturated rings. The van der Waals surface area contributed by atoms with Crippen molar-refractivity contribution in [2.75, 3.05) is 37.6 Å². The maximum atomic E-state index is 11.3. The Labute approximate surface area is 173 Å². The van der Waals surface area contributed by atoms with Crippen LogP contribution in [-0.2, 0) is 6.42 Å². The van der Waals surface area contributed by atoms with Crippen LogP contribution in [0.1, 0.15) is 5.56 Å². The third-order valence-corrected chi connectivity index (χ3v) is 5.40. The maximum Gasteiger partial charge on any atom is 0.417 e. The van der Waals surface area contributed by atoms with Gasteiger partial charge in [0, 0.05) is 38.1 Å². The SMILES string of the molecule is Cl.O=c1[nH]c2ccc(CCN3CCN(c4ncnc5ccccc45)CC3)cc2o1. The standard InChI is InChI=1S/C21H21N5O2.ClH/c27-21-24-18-6-5-15(13-19(18)28-21)7-8-25-9-11-26(12-10-25)20-16-3-1-2-4-17(16)22-14-23-20;/h1-6,13-14H,7-12H2,(H,24,27);1H. The Morgan fingerprint density at radius 1 is 1.03 bits per heavy atom. The number of H-pyrrole nitrogens is 1. The summed E-state index contributed by atoms with van der Waals surface area (Å²) in [7, 11) is 0. The summed E-state index contributed by atoms with van der Waals surface area (Å²) in [5.41, 5.74) is 3.55. The molecule has 1 aliphatic heterocycles. The lowest BCUT2D eigenvalue weighted by Crippen LogP contribution is -2.47. The van der Waals surface area contributed by atoms with Gasteiger partial charge < -0.3 is 9.32 Å². The third kappa shape index (κ3) is 3.97. The number of hydrogen-bond acceptors (Lipinski definition) is 6. The molecule has 0 bridgehead atoms. The summed E-state index contributed by atoms with van der Waals surface area (Å²) in [6.07, 6.45) is 2.58. The monoisotopic (exact) mass is 411 g/mol. The Bertz CT molecular complexity index is 1180. The molecule has 0 aliphatic carbocycles. The van der Waals surface area contributed by atoms with E-state index < -0.39 is 5.76 Å². The van der Waals surface area contributed by atoms with Crippen LogP contribution in [0.2, 0.25) is 0 Å². The van der Waals surface area contributed by atoms with Gasteiger partial charge in [0.2, 0.25) is 0 Å². The van der Waals surface area contributed by atoms with Crippen LogP contribution in [0.3, 0.4) is 0 Å². The fraction of sp³-hybridized carbons (Fsp3) is 0.286. The van der Waals surface area contributed by atoms with E-state index in [2.05, 4.69) is 36.9 Å². The van der Waals surface area contributed by atoms with E-state index in [0.29, 0.717) is 5.58 Å². The molecular formula is C21H22ClN5O2. The zero-order valence-corrected chi connectivity index (χ0v) is 16.7. The van der Waals surface area contributed by atoms with Crippen molar-refractivity contribution in [2.45, 2.75) is 6.42 Å². The Balaban J connectivity index is 0.00000205. The molecule has 0 atom stereocenters. The average Bonchev–Trinajstić information content (AvgIpc) is 3.11. The summed E-state index contributed by atoms with van der Waals surface area (Å²) in [5, 5.41) is 1.11. The van der Waals surface area contributed by atoms with Gasteiger partial charge in [0.1, 0.15) is 12.1 Å². The number of aromatic nitrogens is 3. The van der Waals surface area contributed by atoms with E-state index in [1.54, 1.807) is 6.33 Å². The second-order valence-electron chi connectivity index (χ2n) is 7.14. The number of rotatable bonds is 4. The molecule has 0 radical (unpaired) electrons. The second kappa shape index (κ2) is 8.23. The molecule has 3 heterocycles. The summed E-state index contributed by atoms with van der Waals surface area (Å²) < 4.78 is 5.16. The van der Waals surface area contributed by atoms with Crippen LogP contribution >= 0.6 is 12.4 Å². The molecule has 8 heteroatoms. The summed E-state index contributed by atoms with van der Waals surface area (Å²) in [4.78, 5) is 27.7. The molecular weight excluding hydrogens is 390 g/mol. The first-order valence-corrected chi connectivity index (χ1v) is 9.55. The van der Waals surface area contributed by atoms with E-state index in [0.717, 1.165) is 61.4 Å². The van der Waals surface area contributed by atoms with Crippen LogP contribution < -0.4 is 10.7 Å². The van der Waals surface area contributed by atoms with Gasteiger partial charge in [-0.2, -0.15) is 0 Å². The fourth-order valence-corrected chi connectivity index (χ4v) is 3.86. The van der Waals surface area contributed by atoms with Crippen LogP contribution in [0.15, 0.2) is 58.0 Å². The highest BCUT2D eigenvalue weighted by Gasteiger charge is 2.19. The second-order valence-corrected chi connectivity index (χ2v) is 7.14. The molecule has 1 aliphatic rings. The van der Waals surface area contributed by atoms with Crippen molar-refractivity contribution in [1.29, 1.82) is 0 Å². The largest absolute Gasteiger partial charge is 0.417 e. The minimum atomic E-state index is -0.402. The zero-order valence-electron chi connectivity index (χ0n) is 15.9.